The smallest absolute Gasteiger partial charge is 0.328 e. The molecule has 3 aromatic rings. The highest BCUT2D eigenvalue weighted by Gasteiger charge is 2.42. The van der Waals surface area contributed by atoms with Crippen LogP contribution in [0.4, 0.5) is 0 Å². The number of thioether (sulfide) groups is 1. The van der Waals surface area contributed by atoms with Crippen LogP contribution in [0.25, 0.3) is 0 Å². The van der Waals surface area contributed by atoms with Crippen LogP contribution >= 0.6 is 11.8 Å². The van der Waals surface area contributed by atoms with Gasteiger partial charge in [-0.15, -0.1) is 11.8 Å². The summed E-state index contributed by atoms with van der Waals surface area (Å²) in [5.74, 6) is 1.38. The maximum Gasteiger partial charge on any atom is 0.328 e. The fraction of sp³-hybridized carbons (Fsp3) is 0.375. The lowest BCUT2D eigenvalue weighted by molar-refractivity contribution is -0.151. The fourth-order valence-corrected chi connectivity index (χ4v) is 8.27. The van der Waals surface area contributed by atoms with Crippen LogP contribution in [-0.4, -0.2) is 48.9 Å². The number of nitrogens with zero attached hydrogens (tertiary/aromatic N) is 1. The third-order valence-electron chi connectivity index (χ3n) is 9.21. The maximum atomic E-state index is 14.6. The summed E-state index contributed by atoms with van der Waals surface area (Å²) in [4.78, 5) is 42.5. The molecule has 0 bridgehead atoms. The average molecular weight is 682 g/mol. The van der Waals surface area contributed by atoms with Gasteiger partial charge in [-0.25, -0.2) is 4.79 Å². The molecule has 49 heavy (non-hydrogen) atoms. The Balaban J connectivity index is 1.27. The predicted octanol–water partition coefficient (Wildman–Crippen LogP) is 7.97. The van der Waals surface area contributed by atoms with Crippen molar-refractivity contribution in [3.8, 4) is 11.5 Å². The summed E-state index contributed by atoms with van der Waals surface area (Å²) in [5.41, 5.74) is 4.56. The Kier molecular flexibility index (Phi) is 11.1. The number of esters is 1. The van der Waals surface area contributed by atoms with Crippen LogP contribution in [0.15, 0.2) is 95.1 Å². The number of carbonyl (C=O) groups excluding carboxylic acids is 3. The van der Waals surface area contributed by atoms with Crippen LogP contribution < -0.4 is 9.47 Å². The van der Waals surface area contributed by atoms with Crippen molar-refractivity contribution in [3.05, 3.63) is 117 Å². The highest BCUT2D eigenvalue weighted by molar-refractivity contribution is 8.03. The van der Waals surface area contributed by atoms with Gasteiger partial charge >= 0.3 is 5.97 Å². The first-order valence-corrected chi connectivity index (χ1v) is 17.9. The molecule has 1 saturated heterocycles. The van der Waals surface area contributed by atoms with Crippen LogP contribution in [0.3, 0.4) is 0 Å². The van der Waals surface area contributed by atoms with Gasteiger partial charge in [0.1, 0.15) is 24.1 Å². The van der Waals surface area contributed by atoms with Crippen molar-refractivity contribution in [2.24, 2.45) is 5.92 Å². The summed E-state index contributed by atoms with van der Waals surface area (Å²) in [6.45, 7) is 5.43. The van der Waals surface area contributed by atoms with Crippen molar-refractivity contribution >= 4 is 29.4 Å². The van der Waals surface area contributed by atoms with E-state index in [2.05, 4.69) is 37.3 Å². The molecule has 3 aromatic carbocycles. The second-order valence-corrected chi connectivity index (χ2v) is 13.6. The average Bonchev–Trinajstić information content (AvgIpc) is 3.70. The third-order valence-corrected chi connectivity index (χ3v) is 10.6. The molecule has 0 spiro atoms. The SMILES string of the molecule is CCCOc1ccc(C2SC3=C(CCC(OCc4ccccc4)=C3)C2C(=O)c2ccc(CN3C(=O)CCC3C(=O)OCC)c(OC)c2)cc1. The number of hydrogen-bond acceptors (Lipinski definition) is 8. The summed E-state index contributed by atoms with van der Waals surface area (Å²) in [7, 11) is 1.56. The first-order valence-electron chi connectivity index (χ1n) is 17.1. The quantitative estimate of drug-likeness (QED) is 0.125. The van der Waals surface area contributed by atoms with Gasteiger partial charge in [-0.1, -0.05) is 61.5 Å². The minimum atomic E-state index is -0.625. The Morgan fingerprint density at radius 1 is 0.939 bits per heavy atom. The topological polar surface area (TPSA) is 91.4 Å². The van der Waals surface area contributed by atoms with Gasteiger partial charge in [0.15, 0.2) is 5.78 Å². The normalized spacial score (nSPS) is 20.1. The molecule has 3 unspecified atom stereocenters. The predicted molar refractivity (Wildman–Crippen MR) is 189 cm³/mol. The fourth-order valence-electron chi connectivity index (χ4n) is 6.70. The van der Waals surface area contributed by atoms with E-state index in [9.17, 15) is 14.4 Å². The van der Waals surface area contributed by atoms with Crippen LogP contribution in [0.5, 0.6) is 11.5 Å². The molecule has 3 aliphatic rings. The molecule has 0 aromatic heterocycles. The largest absolute Gasteiger partial charge is 0.496 e. The highest BCUT2D eigenvalue weighted by atomic mass is 32.2. The van der Waals surface area contributed by atoms with E-state index in [1.807, 2.05) is 42.5 Å². The Hall–Kier alpha value is -4.50. The molecule has 6 rings (SSSR count). The van der Waals surface area contributed by atoms with E-state index < -0.39 is 12.0 Å². The minimum Gasteiger partial charge on any atom is -0.496 e. The molecule has 8 nitrogen and oxygen atoms in total. The van der Waals surface area contributed by atoms with Gasteiger partial charge < -0.3 is 23.8 Å². The van der Waals surface area contributed by atoms with Crippen molar-refractivity contribution < 1.29 is 33.3 Å². The van der Waals surface area contributed by atoms with E-state index in [0.717, 1.165) is 57.9 Å². The van der Waals surface area contributed by atoms with E-state index in [4.69, 9.17) is 18.9 Å². The van der Waals surface area contributed by atoms with E-state index >= 15 is 0 Å². The molecule has 3 atom stereocenters. The van der Waals surface area contributed by atoms with Gasteiger partial charge in [-0.2, -0.15) is 0 Å². The molecular weight excluding hydrogens is 639 g/mol. The Morgan fingerprint density at radius 2 is 1.73 bits per heavy atom. The van der Waals surface area contributed by atoms with E-state index in [1.54, 1.807) is 36.8 Å². The summed E-state index contributed by atoms with van der Waals surface area (Å²) in [5, 5.41) is -0.124. The number of carbonyl (C=O) groups is 3. The van der Waals surface area contributed by atoms with Crippen molar-refractivity contribution in [1.82, 2.24) is 4.90 Å². The Bertz CT molecular complexity index is 1730. The summed E-state index contributed by atoms with van der Waals surface area (Å²) in [6, 6.07) is 23.0. The highest BCUT2D eigenvalue weighted by Crippen LogP contribution is 2.56. The number of benzene rings is 3. The second-order valence-electron chi connectivity index (χ2n) is 12.4. The van der Waals surface area contributed by atoms with Crippen LogP contribution in [0, 0.1) is 5.92 Å². The third kappa shape index (κ3) is 7.72. The van der Waals surface area contributed by atoms with Gasteiger partial charge in [0.25, 0.3) is 0 Å². The van der Waals surface area contributed by atoms with Crippen LogP contribution in [-0.2, 0) is 32.2 Å². The molecule has 0 radical (unpaired) electrons. The number of rotatable bonds is 14. The van der Waals surface area contributed by atoms with Gasteiger partial charge in [-0.05, 0) is 67.2 Å². The van der Waals surface area contributed by atoms with Crippen molar-refractivity contribution in [2.75, 3.05) is 20.3 Å². The lowest BCUT2D eigenvalue weighted by Gasteiger charge is -2.25. The molecule has 0 N–H and O–H groups in total. The van der Waals surface area contributed by atoms with Gasteiger partial charge in [0.05, 0.1) is 38.5 Å². The molecule has 2 aliphatic heterocycles. The molecular formula is C40H43NO7S. The lowest BCUT2D eigenvalue weighted by Crippen LogP contribution is -2.39. The maximum absolute atomic E-state index is 14.6. The van der Waals surface area contributed by atoms with Crippen molar-refractivity contribution in [1.29, 1.82) is 0 Å². The van der Waals surface area contributed by atoms with E-state index in [1.165, 1.54) is 0 Å². The zero-order chi connectivity index (χ0) is 34.3. The van der Waals surface area contributed by atoms with Gasteiger partial charge in [0.2, 0.25) is 5.91 Å². The van der Waals surface area contributed by atoms with Crippen LogP contribution in [0.2, 0.25) is 0 Å². The zero-order valence-corrected chi connectivity index (χ0v) is 29.1. The monoisotopic (exact) mass is 681 g/mol. The number of ketones is 1. The summed E-state index contributed by atoms with van der Waals surface area (Å²) in [6.07, 6.45) is 5.21. The number of allylic oxidation sites excluding steroid dienone is 3. The van der Waals surface area contributed by atoms with Crippen molar-refractivity contribution in [2.45, 2.75) is 70.4 Å². The number of methoxy groups -OCH3 is 1. The van der Waals surface area contributed by atoms with Gasteiger partial charge in [0, 0.05) is 34.1 Å². The number of amides is 1. The minimum absolute atomic E-state index is 0.0161. The first-order chi connectivity index (χ1) is 23.9. The zero-order valence-electron chi connectivity index (χ0n) is 28.3. The molecule has 2 heterocycles. The summed E-state index contributed by atoms with van der Waals surface area (Å²) >= 11 is 1.71. The summed E-state index contributed by atoms with van der Waals surface area (Å²) < 4.78 is 23.1. The van der Waals surface area contributed by atoms with Gasteiger partial charge in [-0.3, -0.25) is 9.59 Å². The second kappa shape index (κ2) is 15.8. The number of Topliss-reactive ketones (excluding diaryl/α,β-unsaturated/α-hetero) is 1. The molecule has 1 fully saturated rings. The Labute approximate surface area is 292 Å². The molecule has 1 amide bonds. The van der Waals surface area contributed by atoms with Crippen LogP contribution in [0.1, 0.15) is 78.2 Å². The first kappa shape index (κ1) is 34.4. The molecule has 256 valence electrons. The number of ether oxygens (including phenoxy) is 4. The standard InChI is InChI=1S/C40H43NO7S/c1-4-21-47-30-15-13-27(14-16-30)39-37(32-18-17-31(23-35(32)49-39)48-25-26-9-7-6-8-10-26)38(43)28-11-12-29(34(22-28)45-3)24-41-33(19-20-36(41)42)40(44)46-5-2/h6-16,22-23,33,37,39H,4-5,17-21,24-25H2,1-3H3. The van der Waals surface area contributed by atoms with Crippen molar-refractivity contribution in [3.63, 3.8) is 0 Å². The lowest BCUT2D eigenvalue weighted by atomic mass is 9.81. The van der Waals surface area contributed by atoms with E-state index in [0.29, 0.717) is 37.4 Å². The molecule has 9 heteroatoms. The number of hydrogen-bond donors (Lipinski definition) is 0. The van der Waals surface area contributed by atoms with E-state index in [-0.39, 0.29) is 36.0 Å². The molecule has 1 aliphatic carbocycles. The molecule has 0 saturated carbocycles. The Morgan fingerprint density at radius 3 is 2.47 bits per heavy atom. The number of likely N-dealkylation sites (tertiary alicyclic amines) is 1.